The van der Waals surface area contributed by atoms with Crippen LogP contribution in [0, 0.1) is 0 Å². The number of nitrogens with two attached hydrogens (primary N) is 1. The molecule has 6 nitrogen and oxygen atoms in total. The van der Waals surface area contributed by atoms with E-state index in [4.69, 9.17) is 15.7 Å². The van der Waals surface area contributed by atoms with Crippen molar-refractivity contribution in [2.75, 3.05) is 0 Å². The van der Waals surface area contributed by atoms with Crippen molar-refractivity contribution in [3.05, 3.63) is 94.6 Å². The summed E-state index contributed by atoms with van der Waals surface area (Å²) in [5.41, 5.74) is 12.8. The van der Waals surface area contributed by atoms with Crippen molar-refractivity contribution < 1.29 is 4.79 Å². The van der Waals surface area contributed by atoms with Crippen LogP contribution in [0.25, 0.3) is 11.0 Å². The zero-order chi connectivity index (χ0) is 21.2. The third kappa shape index (κ3) is 3.94. The number of aromatic nitrogens is 3. The van der Waals surface area contributed by atoms with Crippen molar-refractivity contribution >= 4 is 16.9 Å². The number of rotatable bonds is 6. The van der Waals surface area contributed by atoms with E-state index in [2.05, 4.69) is 22.4 Å². The van der Waals surface area contributed by atoms with E-state index < -0.39 is 5.91 Å². The van der Waals surface area contributed by atoms with Crippen LogP contribution in [0.15, 0.2) is 60.8 Å². The number of imidazole rings is 1. The van der Waals surface area contributed by atoms with Gasteiger partial charge in [-0.3, -0.25) is 9.78 Å². The van der Waals surface area contributed by atoms with Gasteiger partial charge >= 0.3 is 0 Å². The van der Waals surface area contributed by atoms with Gasteiger partial charge in [-0.1, -0.05) is 30.3 Å². The fourth-order valence-electron chi connectivity index (χ4n) is 4.54. The molecule has 1 aliphatic carbocycles. The summed E-state index contributed by atoms with van der Waals surface area (Å²) >= 11 is 0. The Morgan fingerprint density at radius 1 is 1.10 bits per heavy atom. The standard InChI is InChI=1S/C25H25N5O/c26-25(31)19-7-2-1-6-17(19)15-28-22-11-5-8-18-16(12-13-27-24(18)22)14-23-29-20-9-3-4-10-21(20)30-23/h1-4,6-7,9-10,12-13,22,28H,5,8,11,14-15H2,(H2,26,31)(H,29,30). The second-order valence-corrected chi connectivity index (χ2v) is 8.06. The van der Waals surface area contributed by atoms with Crippen LogP contribution in [0.1, 0.15) is 57.5 Å². The Morgan fingerprint density at radius 3 is 2.81 bits per heavy atom. The van der Waals surface area contributed by atoms with Gasteiger partial charge in [-0.05, 0) is 60.2 Å². The van der Waals surface area contributed by atoms with Gasteiger partial charge in [-0.15, -0.1) is 0 Å². The normalized spacial score (nSPS) is 15.7. The van der Waals surface area contributed by atoms with E-state index >= 15 is 0 Å². The Labute approximate surface area is 180 Å². The van der Waals surface area contributed by atoms with Crippen LogP contribution in [0.2, 0.25) is 0 Å². The number of carbonyl (C=O) groups is 1. The van der Waals surface area contributed by atoms with E-state index in [-0.39, 0.29) is 6.04 Å². The quantitative estimate of drug-likeness (QED) is 0.449. The zero-order valence-corrected chi connectivity index (χ0v) is 17.3. The van der Waals surface area contributed by atoms with Crippen molar-refractivity contribution in [2.24, 2.45) is 5.73 Å². The van der Waals surface area contributed by atoms with Crippen LogP contribution >= 0.6 is 0 Å². The number of H-pyrrole nitrogens is 1. The summed E-state index contributed by atoms with van der Waals surface area (Å²) in [5, 5.41) is 3.61. The second kappa shape index (κ2) is 8.32. The van der Waals surface area contributed by atoms with Gasteiger partial charge in [0, 0.05) is 24.7 Å². The van der Waals surface area contributed by atoms with Crippen LogP contribution in [0.5, 0.6) is 0 Å². The molecule has 2 aromatic heterocycles. The molecule has 0 fully saturated rings. The Balaban J connectivity index is 1.38. The topological polar surface area (TPSA) is 96.7 Å². The number of fused-ring (bicyclic) bond motifs is 2. The van der Waals surface area contributed by atoms with E-state index in [1.807, 2.05) is 42.6 Å². The van der Waals surface area contributed by atoms with Crippen LogP contribution in [-0.2, 0) is 19.4 Å². The monoisotopic (exact) mass is 411 g/mol. The number of primary amides is 1. The fourth-order valence-corrected chi connectivity index (χ4v) is 4.54. The van der Waals surface area contributed by atoms with Gasteiger partial charge in [0.25, 0.3) is 0 Å². The molecule has 2 aromatic carbocycles. The number of para-hydroxylation sites is 2. The van der Waals surface area contributed by atoms with Crippen molar-refractivity contribution in [3.63, 3.8) is 0 Å². The minimum Gasteiger partial charge on any atom is -0.366 e. The Bertz CT molecular complexity index is 1210. The molecule has 4 aromatic rings. The van der Waals surface area contributed by atoms with Crippen molar-refractivity contribution in [3.8, 4) is 0 Å². The lowest BCUT2D eigenvalue weighted by Gasteiger charge is -2.27. The summed E-state index contributed by atoms with van der Waals surface area (Å²) in [5.74, 6) is 0.577. The average Bonchev–Trinajstić information content (AvgIpc) is 3.20. The summed E-state index contributed by atoms with van der Waals surface area (Å²) in [6.45, 7) is 0.582. The van der Waals surface area contributed by atoms with E-state index in [1.165, 1.54) is 11.1 Å². The maximum Gasteiger partial charge on any atom is 0.249 e. The predicted molar refractivity (Wildman–Crippen MR) is 121 cm³/mol. The number of benzene rings is 2. The minimum atomic E-state index is -0.396. The molecule has 0 aliphatic heterocycles. The van der Waals surface area contributed by atoms with Gasteiger partial charge in [-0.2, -0.15) is 0 Å². The molecule has 0 saturated heterocycles. The lowest BCUT2D eigenvalue weighted by atomic mass is 9.87. The molecule has 5 rings (SSSR count). The minimum absolute atomic E-state index is 0.153. The molecule has 1 amide bonds. The van der Waals surface area contributed by atoms with Crippen molar-refractivity contribution in [1.82, 2.24) is 20.3 Å². The molecule has 31 heavy (non-hydrogen) atoms. The van der Waals surface area contributed by atoms with Gasteiger partial charge in [0.05, 0.1) is 22.8 Å². The molecule has 4 N–H and O–H groups in total. The molecule has 156 valence electrons. The lowest BCUT2D eigenvalue weighted by molar-refractivity contribution is 0.0999. The Hall–Kier alpha value is -3.51. The van der Waals surface area contributed by atoms with Gasteiger partial charge in [-0.25, -0.2) is 4.98 Å². The lowest BCUT2D eigenvalue weighted by Crippen LogP contribution is -2.28. The number of hydrogen-bond acceptors (Lipinski definition) is 4. The average molecular weight is 412 g/mol. The fraction of sp³-hybridized carbons (Fsp3) is 0.240. The van der Waals surface area contributed by atoms with Crippen LogP contribution in [0.4, 0.5) is 0 Å². The number of nitrogens with zero attached hydrogens (tertiary/aromatic N) is 2. The SMILES string of the molecule is NC(=O)c1ccccc1CNC1CCCc2c(Cc3nc4ccccc4[nH]3)ccnc21. The van der Waals surface area contributed by atoms with Crippen LogP contribution in [-0.4, -0.2) is 20.9 Å². The number of pyridine rings is 1. The zero-order valence-electron chi connectivity index (χ0n) is 17.3. The Morgan fingerprint density at radius 2 is 1.94 bits per heavy atom. The largest absolute Gasteiger partial charge is 0.366 e. The maximum atomic E-state index is 11.7. The highest BCUT2D eigenvalue weighted by Gasteiger charge is 2.24. The van der Waals surface area contributed by atoms with E-state index in [0.29, 0.717) is 12.1 Å². The summed E-state index contributed by atoms with van der Waals surface area (Å²) in [6, 6.07) is 17.9. The second-order valence-electron chi connectivity index (χ2n) is 8.06. The third-order valence-electron chi connectivity index (χ3n) is 6.05. The van der Waals surface area contributed by atoms with Gasteiger partial charge in [0.1, 0.15) is 5.82 Å². The highest BCUT2D eigenvalue weighted by molar-refractivity contribution is 5.94. The molecular weight excluding hydrogens is 386 g/mol. The molecule has 1 atom stereocenters. The number of carbonyl (C=O) groups excluding carboxylic acids is 1. The summed E-state index contributed by atoms with van der Waals surface area (Å²) in [6.07, 6.45) is 5.80. The highest BCUT2D eigenvalue weighted by atomic mass is 16.1. The number of amides is 1. The first kappa shape index (κ1) is 19.5. The Kier molecular flexibility index (Phi) is 5.22. The summed E-state index contributed by atoms with van der Waals surface area (Å²) in [7, 11) is 0. The van der Waals surface area contributed by atoms with Gasteiger partial charge in [0.2, 0.25) is 5.91 Å². The molecule has 1 aliphatic rings. The van der Waals surface area contributed by atoms with Crippen LogP contribution in [0.3, 0.4) is 0 Å². The van der Waals surface area contributed by atoms with Crippen molar-refractivity contribution in [1.29, 1.82) is 0 Å². The molecule has 1 unspecified atom stereocenters. The smallest absolute Gasteiger partial charge is 0.249 e. The van der Waals surface area contributed by atoms with E-state index in [9.17, 15) is 4.79 Å². The van der Waals surface area contributed by atoms with E-state index in [0.717, 1.165) is 53.8 Å². The molecular formula is C25H25N5O. The van der Waals surface area contributed by atoms with E-state index in [1.54, 1.807) is 6.07 Å². The third-order valence-corrected chi connectivity index (χ3v) is 6.05. The summed E-state index contributed by atoms with van der Waals surface area (Å²) in [4.78, 5) is 24.6. The molecule has 2 heterocycles. The first-order valence-corrected chi connectivity index (χ1v) is 10.7. The van der Waals surface area contributed by atoms with Gasteiger partial charge < -0.3 is 16.0 Å². The maximum absolute atomic E-state index is 11.7. The molecule has 0 spiro atoms. The summed E-state index contributed by atoms with van der Waals surface area (Å²) < 4.78 is 0. The number of hydrogen-bond donors (Lipinski definition) is 3. The predicted octanol–water partition coefficient (Wildman–Crippen LogP) is 3.81. The first-order valence-electron chi connectivity index (χ1n) is 10.7. The molecule has 0 saturated carbocycles. The first-order chi connectivity index (χ1) is 15.2. The highest BCUT2D eigenvalue weighted by Crippen LogP contribution is 2.31. The number of aromatic amines is 1. The molecule has 0 bridgehead atoms. The molecule has 6 heteroatoms. The van der Waals surface area contributed by atoms with Crippen LogP contribution < -0.4 is 11.1 Å². The molecule has 0 radical (unpaired) electrons. The van der Waals surface area contributed by atoms with Gasteiger partial charge in [0.15, 0.2) is 0 Å². The number of nitrogens with one attached hydrogen (secondary N) is 2. The van der Waals surface area contributed by atoms with Crippen molar-refractivity contribution in [2.45, 2.75) is 38.3 Å².